The van der Waals surface area contributed by atoms with Crippen LogP contribution in [0.2, 0.25) is 0 Å². The lowest BCUT2D eigenvalue weighted by Crippen LogP contribution is -2.22. The molecule has 0 atom stereocenters. The molecule has 1 heterocycles. The van der Waals surface area contributed by atoms with Crippen LogP contribution in [-0.4, -0.2) is 18.8 Å². The predicted molar refractivity (Wildman–Crippen MR) is 65.4 cm³/mol. The van der Waals surface area contributed by atoms with Gasteiger partial charge in [-0.1, -0.05) is 0 Å². The molecule has 2 nitrogen and oxygen atoms in total. The summed E-state index contributed by atoms with van der Waals surface area (Å²) < 4.78 is 0. The van der Waals surface area contributed by atoms with Crippen LogP contribution < -0.4 is 10.6 Å². The molecule has 0 saturated heterocycles. The first-order valence-corrected chi connectivity index (χ1v) is 5.60. The Morgan fingerprint density at radius 2 is 2.29 bits per heavy atom. The molecule has 0 fully saturated rings. The van der Waals surface area contributed by atoms with E-state index in [4.69, 9.17) is 5.73 Å². The van der Waals surface area contributed by atoms with Gasteiger partial charge in [0.05, 0.1) is 0 Å². The molecule has 0 saturated carbocycles. The maximum Gasteiger partial charge on any atom is 0.0403 e. The van der Waals surface area contributed by atoms with Crippen molar-refractivity contribution in [3.8, 4) is 0 Å². The van der Waals surface area contributed by atoms with E-state index in [9.17, 15) is 0 Å². The molecule has 1 aromatic rings. The minimum Gasteiger partial charge on any atom is -0.399 e. The summed E-state index contributed by atoms with van der Waals surface area (Å²) >= 11 is 4.27. The Labute approximate surface area is 90.5 Å². The summed E-state index contributed by atoms with van der Waals surface area (Å²) in [6.07, 6.45) is 1.12. The highest BCUT2D eigenvalue weighted by Crippen LogP contribution is 2.31. The predicted octanol–water partition coefficient (Wildman–Crippen LogP) is 1.87. The standard InChI is InChI=1S/C11H16N2S/c1-8-6-11-9(7-10(8)12)2-3-13(11)4-5-14/h6-7,14H,2-5,12H2,1H3. The molecule has 0 aliphatic carbocycles. The minimum atomic E-state index is 0.906. The first-order chi connectivity index (χ1) is 6.72. The van der Waals surface area contributed by atoms with Crippen molar-refractivity contribution >= 4 is 24.0 Å². The molecule has 76 valence electrons. The largest absolute Gasteiger partial charge is 0.399 e. The van der Waals surface area contributed by atoms with Gasteiger partial charge in [0.1, 0.15) is 0 Å². The highest BCUT2D eigenvalue weighted by molar-refractivity contribution is 7.80. The molecular weight excluding hydrogens is 192 g/mol. The zero-order valence-electron chi connectivity index (χ0n) is 8.45. The Kier molecular flexibility index (Phi) is 2.59. The van der Waals surface area contributed by atoms with Crippen LogP contribution in [0.1, 0.15) is 11.1 Å². The second-order valence-corrected chi connectivity index (χ2v) is 4.25. The number of hydrogen-bond donors (Lipinski definition) is 2. The lowest BCUT2D eigenvalue weighted by atomic mass is 10.1. The van der Waals surface area contributed by atoms with Crippen LogP contribution in [0.5, 0.6) is 0 Å². The topological polar surface area (TPSA) is 29.3 Å². The van der Waals surface area contributed by atoms with Gasteiger partial charge < -0.3 is 10.6 Å². The fourth-order valence-electron chi connectivity index (χ4n) is 1.98. The molecule has 14 heavy (non-hydrogen) atoms. The summed E-state index contributed by atoms with van der Waals surface area (Å²) in [5.41, 5.74) is 10.7. The lowest BCUT2D eigenvalue weighted by molar-refractivity contribution is 0.875. The number of thiol groups is 1. The second kappa shape index (κ2) is 3.73. The normalized spacial score (nSPS) is 14.6. The summed E-state index contributed by atoms with van der Waals surface area (Å²) in [6, 6.07) is 4.31. The monoisotopic (exact) mass is 208 g/mol. The maximum absolute atomic E-state index is 5.88. The van der Waals surface area contributed by atoms with Gasteiger partial charge in [-0.25, -0.2) is 0 Å². The fourth-order valence-corrected chi connectivity index (χ4v) is 2.22. The van der Waals surface area contributed by atoms with E-state index >= 15 is 0 Å². The summed E-state index contributed by atoms with van der Waals surface area (Å²) in [5.74, 6) is 0.906. The first kappa shape index (κ1) is 9.71. The van der Waals surface area contributed by atoms with Crippen molar-refractivity contribution in [2.75, 3.05) is 29.5 Å². The number of aryl methyl sites for hydroxylation is 1. The van der Waals surface area contributed by atoms with Gasteiger partial charge in [-0.3, -0.25) is 0 Å². The van der Waals surface area contributed by atoms with Gasteiger partial charge >= 0.3 is 0 Å². The number of nitrogen functional groups attached to an aromatic ring is 1. The number of fused-ring (bicyclic) bond motifs is 1. The molecule has 3 heteroatoms. The zero-order chi connectivity index (χ0) is 10.1. The molecule has 0 aromatic heterocycles. The van der Waals surface area contributed by atoms with E-state index in [0.717, 1.165) is 31.0 Å². The van der Waals surface area contributed by atoms with Crippen LogP contribution in [0.15, 0.2) is 12.1 Å². The molecule has 2 N–H and O–H groups in total. The van der Waals surface area contributed by atoms with Crippen molar-refractivity contribution in [2.24, 2.45) is 0 Å². The number of nitrogens with zero attached hydrogens (tertiary/aromatic N) is 1. The molecular formula is C11H16N2S. The molecule has 0 radical (unpaired) electrons. The molecule has 1 aromatic carbocycles. The van der Waals surface area contributed by atoms with E-state index in [0.29, 0.717) is 0 Å². The van der Waals surface area contributed by atoms with E-state index in [1.165, 1.54) is 16.8 Å². The maximum atomic E-state index is 5.88. The minimum absolute atomic E-state index is 0.906. The van der Waals surface area contributed by atoms with Gasteiger partial charge in [-0.15, -0.1) is 0 Å². The van der Waals surface area contributed by atoms with Crippen LogP contribution in [-0.2, 0) is 6.42 Å². The van der Waals surface area contributed by atoms with Crippen molar-refractivity contribution in [1.82, 2.24) is 0 Å². The first-order valence-electron chi connectivity index (χ1n) is 4.97. The van der Waals surface area contributed by atoms with Gasteiger partial charge in [0.2, 0.25) is 0 Å². The Morgan fingerprint density at radius 3 is 3.00 bits per heavy atom. The Bertz CT molecular complexity index is 349. The molecule has 0 spiro atoms. The van der Waals surface area contributed by atoms with Gasteiger partial charge in [0, 0.05) is 30.2 Å². The highest BCUT2D eigenvalue weighted by atomic mass is 32.1. The summed E-state index contributed by atoms with van der Waals surface area (Å²) in [4.78, 5) is 2.38. The lowest BCUT2D eigenvalue weighted by Gasteiger charge is -2.18. The molecule has 1 aliphatic heterocycles. The quantitative estimate of drug-likeness (QED) is 0.574. The smallest absolute Gasteiger partial charge is 0.0403 e. The SMILES string of the molecule is Cc1cc2c(cc1N)CCN2CCS. The summed E-state index contributed by atoms with van der Waals surface area (Å²) in [7, 11) is 0. The Morgan fingerprint density at radius 1 is 1.50 bits per heavy atom. The van der Waals surface area contributed by atoms with Crippen LogP contribution in [0, 0.1) is 6.92 Å². The van der Waals surface area contributed by atoms with Crippen molar-refractivity contribution < 1.29 is 0 Å². The van der Waals surface area contributed by atoms with Gasteiger partial charge in [-0.2, -0.15) is 12.6 Å². The molecule has 2 rings (SSSR count). The van der Waals surface area contributed by atoms with Crippen molar-refractivity contribution in [1.29, 1.82) is 0 Å². The number of benzene rings is 1. The van der Waals surface area contributed by atoms with Crippen molar-refractivity contribution in [3.05, 3.63) is 23.3 Å². The van der Waals surface area contributed by atoms with Crippen molar-refractivity contribution in [2.45, 2.75) is 13.3 Å². The van der Waals surface area contributed by atoms with E-state index in [-0.39, 0.29) is 0 Å². The molecule has 0 unspecified atom stereocenters. The van der Waals surface area contributed by atoms with E-state index in [2.05, 4.69) is 36.6 Å². The van der Waals surface area contributed by atoms with E-state index < -0.39 is 0 Å². The van der Waals surface area contributed by atoms with E-state index in [1.807, 2.05) is 0 Å². The van der Waals surface area contributed by atoms with Gasteiger partial charge in [-0.05, 0) is 36.6 Å². The average molecular weight is 208 g/mol. The fraction of sp³-hybridized carbons (Fsp3) is 0.455. The van der Waals surface area contributed by atoms with Gasteiger partial charge in [0.25, 0.3) is 0 Å². The number of anilines is 2. The Balaban J connectivity index is 2.35. The molecule has 1 aliphatic rings. The number of rotatable bonds is 2. The second-order valence-electron chi connectivity index (χ2n) is 3.80. The zero-order valence-corrected chi connectivity index (χ0v) is 9.35. The third-order valence-electron chi connectivity index (χ3n) is 2.83. The number of hydrogen-bond acceptors (Lipinski definition) is 3. The highest BCUT2D eigenvalue weighted by Gasteiger charge is 2.18. The Hall–Kier alpha value is -0.830. The number of nitrogens with two attached hydrogens (primary N) is 1. The summed E-state index contributed by atoms with van der Waals surface area (Å²) in [6.45, 7) is 4.20. The summed E-state index contributed by atoms with van der Waals surface area (Å²) in [5, 5.41) is 0. The van der Waals surface area contributed by atoms with Crippen molar-refractivity contribution in [3.63, 3.8) is 0 Å². The van der Waals surface area contributed by atoms with E-state index in [1.54, 1.807) is 0 Å². The van der Waals surface area contributed by atoms with Gasteiger partial charge in [0.15, 0.2) is 0 Å². The average Bonchev–Trinajstić information content (AvgIpc) is 2.51. The van der Waals surface area contributed by atoms with Crippen LogP contribution in [0.25, 0.3) is 0 Å². The third-order valence-corrected chi connectivity index (χ3v) is 3.03. The molecule has 0 bridgehead atoms. The molecule has 0 amide bonds. The third kappa shape index (κ3) is 1.57. The van der Waals surface area contributed by atoms with Crippen LogP contribution in [0.3, 0.4) is 0 Å². The van der Waals surface area contributed by atoms with Crippen LogP contribution >= 0.6 is 12.6 Å². The van der Waals surface area contributed by atoms with Crippen LogP contribution in [0.4, 0.5) is 11.4 Å².